The van der Waals surface area contributed by atoms with Gasteiger partial charge in [0.05, 0.1) is 27.7 Å². The molecule has 1 aliphatic heterocycles. The van der Waals surface area contributed by atoms with Crippen LogP contribution in [0.15, 0.2) is 85.2 Å². The van der Waals surface area contributed by atoms with E-state index in [4.69, 9.17) is 28.4 Å². The molecule has 2 bridgehead atoms. The fourth-order valence-corrected chi connectivity index (χ4v) is 8.44. The summed E-state index contributed by atoms with van der Waals surface area (Å²) in [5, 5.41) is 13.0. The lowest BCUT2D eigenvalue weighted by Crippen LogP contribution is -2.84. The van der Waals surface area contributed by atoms with Crippen LogP contribution in [0.5, 0.6) is 0 Å². The fourth-order valence-electron chi connectivity index (χ4n) is 8.44. The van der Waals surface area contributed by atoms with Crippen LogP contribution in [0.2, 0.25) is 0 Å². The number of pyridine rings is 1. The van der Waals surface area contributed by atoms with Crippen LogP contribution in [0.4, 0.5) is 0 Å². The predicted molar refractivity (Wildman–Crippen MR) is 181 cm³/mol. The van der Waals surface area contributed by atoms with E-state index in [-0.39, 0.29) is 23.1 Å². The summed E-state index contributed by atoms with van der Waals surface area (Å²) in [5.41, 5.74) is -6.85. The molecular formula is C39H41NO12. The maximum atomic E-state index is 14.0. The van der Waals surface area contributed by atoms with Gasteiger partial charge in [0.1, 0.15) is 17.3 Å². The Labute approximate surface area is 300 Å². The second-order valence-electron chi connectivity index (χ2n) is 14.4. The molecule has 274 valence electrons. The Morgan fingerprint density at radius 3 is 1.62 bits per heavy atom. The zero-order chi connectivity index (χ0) is 37.6. The van der Waals surface area contributed by atoms with Gasteiger partial charge in [-0.15, -0.1) is 0 Å². The van der Waals surface area contributed by atoms with E-state index in [0.717, 1.165) is 6.92 Å². The lowest BCUT2D eigenvalue weighted by atomic mass is 9.46. The van der Waals surface area contributed by atoms with Crippen molar-refractivity contribution >= 4 is 29.8 Å². The predicted octanol–water partition coefficient (Wildman–Crippen LogP) is 4.26. The third-order valence-electron chi connectivity index (χ3n) is 10.8. The molecular weight excluding hydrogens is 674 g/mol. The number of rotatable bonds is 8. The Morgan fingerprint density at radius 1 is 0.654 bits per heavy atom. The monoisotopic (exact) mass is 715 g/mol. The second-order valence-corrected chi connectivity index (χ2v) is 14.4. The minimum atomic E-state index is -2.24. The Morgan fingerprint density at radius 2 is 1.12 bits per heavy atom. The van der Waals surface area contributed by atoms with Crippen molar-refractivity contribution in [3.05, 3.63) is 102 Å². The summed E-state index contributed by atoms with van der Waals surface area (Å²) in [5.74, 6) is -4.86. The summed E-state index contributed by atoms with van der Waals surface area (Å²) in [7, 11) is 0. The zero-order valence-electron chi connectivity index (χ0n) is 29.6. The van der Waals surface area contributed by atoms with Crippen LogP contribution in [0.3, 0.4) is 0 Å². The van der Waals surface area contributed by atoms with Gasteiger partial charge < -0.3 is 33.5 Å². The van der Waals surface area contributed by atoms with Crippen molar-refractivity contribution in [2.24, 2.45) is 11.3 Å². The second kappa shape index (κ2) is 13.4. The molecule has 2 saturated carbocycles. The van der Waals surface area contributed by atoms with Gasteiger partial charge in [-0.3, -0.25) is 14.6 Å². The van der Waals surface area contributed by atoms with Crippen molar-refractivity contribution in [1.29, 1.82) is 0 Å². The van der Waals surface area contributed by atoms with Gasteiger partial charge in [-0.1, -0.05) is 36.4 Å². The Balaban J connectivity index is 1.60. The first-order chi connectivity index (χ1) is 24.5. The van der Waals surface area contributed by atoms with Gasteiger partial charge in [-0.25, -0.2) is 14.4 Å². The smallest absolute Gasteiger partial charge is 0.340 e. The standard InChI is InChI=1S/C39H41NO12/c1-22(41)47-28-27-20-39(52-36(27,3)4)37(5,30(28)49-33(43)24-14-9-7-10-15-24)31(50-35(45)26-18-13-19-40-21-26)29(48-23(2)42)32(38(39,6)46)51-34(44)25-16-11-8-12-17-25/h7-19,21,27-32,46H,20H2,1-6H3/t27-,28-,29-,30-,31-,32-,37+,38-,39+/m0/s1. The quantitative estimate of drug-likeness (QED) is 0.259. The molecule has 13 heteroatoms. The summed E-state index contributed by atoms with van der Waals surface area (Å²) >= 11 is 0. The van der Waals surface area contributed by atoms with Crippen molar-refractivity contribution in [2.75, 3.05) is 0 Å². The van der Waals surface area contributed by atoms with Gasteiger partial charge in [0.25, 0.3) is 0 Å². The highest BCUT2D eigenvalue weighted by Crippen LogP contribution is 2.69. The van der Waals surface area contributed by atoms with Crippen molar-refractivity contribution in [3.63, 3.8) is 0 Å². The highest BCUT2D eigenvalue weighted by Gasteiger charge is 2.85. The van der Waals surface area contributed by atoms with E-state index in [2.05, 4.69) is 4.98 Å². The van der Waals surface area contributed by atoms with E-state index >= 15 is 0 Å². The van der Waals surface area contributed by atoms with E-state index < -0.39 is 88.5 Å². The molecule has 3 fully saturated rings. The molecule has 0 unspecified atom stereocenters. The Kier molecular flexibility index (Phi) is 9.47. The number of hydrogen-bond acceptors (Lipinski definition) is 13. The molecule has 13 nitrogen and oxygen atoms in total. The molecule has 2 aliphatic carbocycles. The van der Waals surface area contributed by atoms with E-state index in [1.807, 2.05) is 0 Å². The average molecular weight is 716 g/mol. The summed E-state index contributed by atoms with van der Waals surface area (Å²) in [4.78, 5) is 71.4. The van der Waals surface area contributed by atoms with E-state index in [0.29, 0.717) is 0 Å². The first kappa shape index (κ1) is 36.6. The normalized spacial score (nSPS) is 32.8. The number of hydrogen-bond donors (Lipinski definition) is 1. The molecule has 0 radical (unpaired) electrons. The maximum Gasteiger partial charge on any atom is 0.340 e. The minimum Gasteiger partial charge on any atom is -0.458 e. The molecule has 6 rings (SSSR count). The molecule has 3 aliphatic rings. The molecule has 2 heterocycles. The lowest BCUT2D eigenvalue weighted by Gasteiger charge is -2.66. The van der Waals surface area contributed by atoms with Gasteiger partial charge in [0.15, 0.2) is 24.4 Å². The summed E-state index contributed by atoms with van der Waals surface area (Å²) < 4.78 is 37.5. The van der Waals surface area contributed by atoms with Crippen molar-refractivity contribution in [3.8, 4) is 0 Å². The number of carbonyl (C=O) groups excluding carboxylic acids is 5. The molecule has 0 amide bonds. The number of esters is 5. The fraction of sp³-hybridized carbons (Fsp3) is 0.436. The number of fused-ring (bicyclic) bond motifs is 1. The molecule has 9 atom stereocenters. The molecule has 1 spiro atoms. The van der Waals surface area contributed by atoms with Crippen LogP contribution in [-0.2, 0) is 38.0 Å². The van der Waals surface area contributed by atoms with Gasteiger partial charge >= 0.3 is 29.8 Å². The average Bonchev–Trinajstić information content (AvgIpc) is 3.39. The number of ether oxygens (including phenoxy) is 6. The first-order valence-electron chi connectivity index (χ1n) is 16.9. The van der Waals surface area contributed by atoms with Crippen molar-refractivity contribution in [1.82, 2.24) is 4.98 Å². The van der Waals surface area contributed by atoms with Crippen LogP contribution in [0, 0.1) is 11.3 Å². The summed E-state index contributed by atoms with van der Waals surface area (Å²) in [6.07, 6.45) is -5.11. The molecule has 3 aromatic rings. The summed E-state index contributed by atoms with van der Waals surface area (Å²) in [6.45, 7) is 8.73. The minimum absolute atomic E-state index is 0.0209. The topological polar surface area (TPSA) is 174 Å². The van der Waals surface area contributed by atoms with Crippen LogP contribution in [0.25, 0.3) is 0 Å². The number of carbonyl (C=O) groups is 5. The zero-order valence-corrected chi connectivity index (χ0v) is 29.6. The van der Waals surface area contributed by atoms with Crippen LogP contribution >= 0.6 is 0 Å². The molecule has 1 saturated heterocycles. The van der Waals surface area contributed by atoms with Crippen molar-refractivity contribution in [2.45, 2.75) is 95.3 Å². The number of aliphatic hydroxyl groups is 1. The Bertz CT molecular complexity index is 1850. The van der Waals surface area contributed by atoms with Gasteiger partial charge in [-0.05, 0) is 70.5 Å². The Hall–Kier alpha value is -5.14. The third kappa shape index (κ3) is 6.01. The molecule has 52 heavy (non-hydrogen) atoms. The highest BCUT2D eigenvalue weighted by molar-refractivity contribution is 5.91. The van der Waals surface area contributed by atoms with Crippen LogP contribution < -0.4 is 0 Å². The van der Waals surface area contributed by atoms with Crippen LogP contribution in [-0.4, -0.2) is 87.3 Å². The van der Waals surface area contributed by atoms with Crippen LogP contribution in [0.1, 0.15) is 79.0 Å². The van der Waals surface area contributed by atoms with Gasteiger partial charge in [0.2, 0.25) is 0 Å². The third-order valence-corrected chi connectivity index (χ3v) is 10.8. The first-order valence-corrected chi connectivity index (χ1v) is 16.9. The van der Waals surface area contributed by atoms with E-state index in [1.54, 1.807) is 57.2 Å². The molecule has 1 N–H and O–H groups in total. The van der Waals surface area contributed by atoms with Gasteiger partial charge in [0, 0.05) is 32.2 Å². The largest absolute Gasteiger partial charge is 0.458 e. The highest BCUT2D eigenvalue weighted by atomic mass is 16.6. The molecule has 2 aromatic carbocycles. The summed E-state index contributed by atoms with van der Waals surface area (Å²) in [6, 6.07) is 19.1. The van der Waals surface area contributed by atoms with E-state index in [9.17, 15) is 29.1 Å². The van der Waals surface area contributed by atoms with Crippen molar-refractivity contribution < 1.29 is 57.5 Å². The lowest BCUT2D eigenvalue weighted by molar-refractivity contribution is -0.354. The number of nitrogens with zero attached hydrogens (tertiary/aromatic N) is 1. The SMILES string of the molecule is CC(=O)O[C@H]1[C@@H]2C[C@@]3(OC2(C)C)[C@](C)([C@H]1OC(=O)c1ccccc1)[C@@H](OC(=O)c1cccnc1)[C@H](OC(C)=O)[C@H](OC(=O)c1ccccc1)[C@]3(C)O. The number of aromatic nitrogens is 1. The maximum absolute atomic E-state index is 14.0. The number of benzene rings is 2. The molecule has 1 aromatic heterocycles. The van der Waals surface area contributed by atoms with E-state index in [1.165, 1.54) is 62.6 Å². The van der Waals surface area contributed by atoms with Gasteiger partial charge in [-0.2, -0.15) is 0 Å².